The largest absolute Gasteiger partial charge is 0.496 e. The van der Waals surface area contributed by atoms with Crippen molar-refractivity contribution in [3.05, 3.63) is 51.6 Å². The highest BCUT2D eigenvalue weighted by Gasteiger charge is 2.36. The summed E-state index contributed by atoms with van der Waals surface area (Å²) in [6, 6.07) is 9.64. The first kappa shape index (κ1) is 20.1. The maximum Gasteiger partial charge on any atom is 0.306 e. The zero-order valence-electron chi connectivity index (χ0n) is 16.3. The molecule has 1 aliphatic carbocycles. The maximum atomic E-state index is 12.6. The van der Waals surface area contributed by atoms with E-state index in [0.717, 1.165) is 0 Å². The number of halogens is 1. The Morgan fingerprint density at radius 2 is 1.83 bits per heavy atom. The summed E-state index contributed by atoms with van der Waals surface area (Å²) in [5.74, 6) is 0.291. The molecular formula is C22H19ClO7. The fourth-order valence-corrected chi connectivity index (χ4v) is 3.69. The van der Waals surface area contributed by atoms with E-state index in [9.17, 15) is 9.59 Å². The lowest BCUT2D eigenvalue weighted by Crippen LogP contribution is -2.38. The molecule has 0 atom stereocenters. The molecule has 0 unspecified atom stereocenters. The molecule has 1 aromatic heterocycles. The summed E-state index contributed by atoms with van der Waals surface area (Å²) in [5.41, 5.74) is 0.531. The number of ether oxygens (including phenoxy) is 3. The number of rotatable bonds is 6. The molecule has 1 fully saturated rings. The minimum absolute atomic E-state index is 0.237. The molecule has 0 spiro atoms. The number of fused-ring (bicyclic) bond motifs is 1. The third kappa shape index (κ3) is 3.57. The third-order valence-corrected chi connectivity index (χ3v) is 5.49. The van der Waals surface area contributed by atoms with Gasteiger partial charge in [0.1, 0.15) is 17.6 Å². The van der Waals surface area contributed by atoms with Crippen molar-refractivity contribution in [2.45, 2.75) is 18.9 Å². The van der Waals surface area contributed by atoms with Crippen LogP contribution in [0.4, 0.5) is 0 Å². The van der Waals surface area contributed by atoms with Gasteiger partial charge in [-0.2, -0.15) is 0 Å². The number of methoxy groups -OCH3 is 2. The fourth-order valence-electron chi connectivity index (χ4n) is 3.47. The number of hydrogen-bond acceptors (Lipinski definition) is 6. The number of hydrogen-bond donors (Lipinski definition) is 1. The summed E-state index contributed by atoms with van der Waals surface area (Å²) in [5, 5.41) is 9.77. The van der Waals surface area contributed by atoms with Crippen LogP contribution in [-0.4, -0.2) is 31.4 Å². The predicted octanol–water partition coefficient (Wildman–Crippen LogP) is 4.37. The van der Waals surface area contributed by atoms with Crippen LogP contribution in [0.5, 0.6) is 17.2 Å². The molecule has 30 heavy (non-hydrogen) atoms. The van der Waals surface area contributed by atoms with Crippen LogP contribution in [0, 0.1) is 5.92 Å². The van der Waals surface area contributed by atoms with Crippen LogP contribution in [-0.2, 0) is 4.79 Å². The van der Waals surface area contributed by atoms with E-state index in [1.807, 2.05) is 0 Å². The van der Waals surface area contributed by atoms with Gasteiger partial charge in [-0.25, -0.2) is 0 Å². The average Bonchev–Trinajstić information content (AvgIpc) is 2.70. The topological polar surface area (TPSA) is 95.2 Å². The van der Waals surface area contributed by atoms with E-state index in [1.54, 1.807) is 30.3 Å². The van der Waals surface area contributed by atoms with E-state index in [2.05, 4.69) is 0 Å². The lowest BCUT2D eigenvalue weighted by Gasteiger charge is -2.33. The first-order valence-corrected chi connectivity index (χ1v) is 9.67. The smallest absolute Gasteiger partial charge is 0.306 e. The number of carboxylic acid groups (broad SMARTS) is 1. The van der Waals surface area contributed by atoms with E-state index in [4.69, 9.17) is 35.3 Å². The van der Waals surface area contributed by atoms with Gasteiger partial charge in [0.15, 0.2) is 22.5 Å². The zero-order valence-corrected chi connectivity index (χ0v) is 17.1. The SMILES string of the molecule is COc1cc(OC)c(-c2cc(=O)c3cccc(Cl)c3o2)cc1OC1CC(C(=O)O)C1. The molecule has 0 saturated heterocycles. The number of carbonyl (C=O) groups is 1. The van der Waals surface area contributed by atoms with Gasteiger partial charge >= 0.3 is 5.97 Å². The van der Waals surface area contributed by atoms with Crippen molar-refractivity contribution in [2.75, 3.05) is 14.2 Å². The number of carboxylic acids is 1. The molecule has 8 heteroatoms. The highest BCUT2D eigenvalue weighted by atomic mass is 35.5. The average molecular weight is 431 g/mol. The van der Waals surface area contributed by atoms with Gasteiger partial charge in [-0.15, -0.1) is 0 Å². The summed E-state index contributed by atoms with van der Waals surface area (Å²) in [4.78, 5) is 23.6. The van der Waals surface area contributed by atoms with Crippen molar-refractivity contribution in [1.29, 1.82) is 0 Å². The molecule has 0 radical (unpaired) electrons. The van der Waals surface area contributed by atoms with E-state index in [1.165, 1.54) is 20.3 Å². The van der Waals surface area contributed by atoms with E-state index >= 15 is 0 Å². The Labute approximate surface area is 176 Å². The Bertz CT molecular complexity index is 1180. The Morgan fingerprint density at radius 1 is 1.10 bits per heavy atom. The van der Waals surface area contributed by atoms with Gasteiger partial charge in [0.25, 0.3) is 0 Å². The molecule has 1 saturated carbocycles. The molecule has 3 aromatic rings. The maximum absolute atomic E-state index is 12.6. The lowest BCUT2D eigenvalue weighted by molar-refractivity contribution is -0.147. The summed E-state index contributed by atoms with van der Waals surface area (Å²) in [7, 11) is 2.99. The Hall–Kier alpha value is -3.19. The molecule has 1 N–H and O–H groups in total. The van der Waals surface area contributed by atoms with E-state index < -0.39 is 11.9 Å². The molecule has 2 aromatic carbocycles. The number of aliphatic carboxylic acids is 1. The Morgan fingerprint density at radius 3 is 2.50 bits per heavy atom. The van der Waals surface area contributed by atoms with E-state index in [0.29, 0.717) is 46.1 Å². The predicted molar refractivity (Wildman–Crippen MR) is 111 cm³/mol. The van der Waals surface area contributed by atoms with Gasteiger partial charge in [-0.1, -0.05) is 17.7 Å². The van der Waals surface area contributed by atoms with Crippen molar-refractivity contribution in [1.82, 2.24) is 0 Å². The first-order valence-electron chi connectivity index (χ1n) is 9.29. The van der Waals surface area contributed by atoms with Crippen LogP contribution in [0.25, 0.3) is 22.3 Å². The van der Waals surface area contributed by atoms with Crippen LogP contribution in [0.3, 0.4) is 0 Å². The standard InChI is InChI=1S/C22H19ClO7/c1-27-17-10-19(28-2)20(29-12-6-11(7-12)22(25)26)8-14(17)18-9-16(24)13-4-3-5-15(23)21(13)30-18/h3-5,8-12H,6-7H2,1-2H3,(H,25,26). The van der Waals surface area contributed by atoms with Crippen LogP contribution in [0.1, 0.15) is 12.8 Å². The van der Waals surface area contributed by atoms with Crippen molar-refractivity contribution < 1.29 is 28.5 Å². The Balaban J connectivity index is 1.78. The van der Waals surface area contributed by atoms with Crippen molar-refractivity contribution >= 4 is 28.5 Å². The molecule has 0 bridgehead atoms. The van der Waals surface area contributed by atoms with Crippen molar-refractivity contribution in [3.63, 3.8) is 0 Å². The first-order chi connectivity index (χ1) is 14.4. The molecule has 0 aliphatic heterocycles. The second-order valence-electron chi connectivity index (χ2n) is 7.04. The molecule has 1 heterocycles. The summed E-state index contributed by atoms with van der Waals surface area (Å²) < 4.78 is 22.8. The molecule has 1 aliphatic rings. The molecule has 4 rings (SSSR count). The van der Waals surface area contributed by atoms with Gasteiger partial charge in [0, 0.05) is 12.1 Å². The second-order valence-corrected chi connectivity index (χ2v) is 7.45. The normalized spacial score (nSPS) is 18.0. The lowest BCUT2D eigenvalue weighted by atomic mass is 9.82. The van der Waals surface area contributed by atoms with Crippen LogP contribution >= 0.6 is 11.6 Å². The van der Waals surface area contributed by atoms with Crippen molar-refractivity contribution in [3.8, 4) is 28.6 Å². The van der Waals surface area contributed by atoms with Gasteiger partial charge < -0.3 is 23.7 Å². The summed E-state index contributed by atoms with van der Waals surface area (Å²) in [6.07, 6.45) is 0.598. The molecule has 7 nitrogen and oxygen atoms in total. The number of benzene rings is 2. The summed E-state index contributed by atoms with van der Waals surface area (Å²) in [6.45, 7) is 0. The molecule has 156 valence electrons. The van der Waals surface area contributed by atoms with Crippen LogP contribution in [0.2, 0.25) is 5.02 Å². The minimum Gasteiger partial charge on any atom is -0.496 e. The third-order valence-electron chi connectivity index (χ3n) is 5.20. The second kappa shape index (κ2) is 7.91. The van der Waals surface area contributed by atoms with Crippen LogP contribution < -0.4 is 19.6 Å². The minimum atomic E-state index is -0.827. The Kier molecular flexibility index (Phi) is 5.30. The van der Waals surface area contributed by atoms with Gasteiger partial charge in [0.05, 0.1) is 36.1 Å². The zero-order chi connectivity index (χ0) is 21.4. The number of para-hydroxylation sites is 1. The van der Waals surface area contributed by atoms with Gasteiger partial charge in [0.2, 0.25) is 0 Å². The van der Waals surface area contributed by atoms with Crippen molar-refractivity contribution in [2.24, 2.45) is 5.92 Å². The highest BCUT2D eigenvalue weighted by Crippen LogP contribution is 2.43. The molecular weight excluding hydrogens is 412 g/mol. The molecule has 0 amide bonds. The van der Waals surface area contributed by atoms with E-state index in [-0.39, 0.29) is 22.9 Å². The van der Waals surface area contributed by atoms with Crippen LogP contribution in [0.15, 0.2) is 45.6 Å². The quantitative estimate of drug-likeness (QED) is 0.620. The van der Waals surface area contributed by atoms with Gasteiger partial charge in [-0.3, -0.25) is 9.59 Å². The monoisotopic (exact) mass is 430 g/mol. The summed E-state index contributed by atoms with van der Waals surface area (Å²) >= 11 is 6.22. The van der Waals surface area contributed by atoms with Gasteiger partial charge in [-0.05, 0) is 31.0 Å². The fraction of sp³-hybridized carbons (Fsp3) is 0.273. The highest BCUT2D eigenvalue weighted by molar-refractivity contribution is 6.34.